The van der Waals surface area contributed by atoms with Crippen LogP contribution in [0, 0.1) is 0 Å². The predicted molar refractivity (Wildman–Crippen MR) is 75.3 cm³/mol. The van der Waals surface area contributed by atoms with E-state index in [1.54, 1.807) is 20.8 Å². The summed E-state index contributed by atoms with van der Waals surface area (Å²) in [5.41, 5.74) is 4.75. The maximum Gasteiger partial charge on any atom is 0.326 e. The zero-order valence-corrected chi connectivity index (χ0v) is 12.9. The Bertz CT molecular complexity index is 381. The Morgan fingerprint density at radius 3 is 2.20 bits per heavy atom. The van der Waals surface area contributed by atoms with Crippen LogP contribution >= 0.6 is 12.4 Å². The van der Waals surface area contributed by atoms with Gasteiger partial charge in [-0.05, 0) is 20.8 Å². The van der Waals surface area contributed by atoms with Gasteiger partial charge in [-0.3, -0.25) is 14.4 Å². The lowest BCUT2D eigenvalue weighted by Crippen LogP contribution is -2.56. The van der Waals surface area contributed by atoms with E-state index in [0.717, 1.165) is 0 Å². The number of hydrogen-bond donors (Lipinski definition) is 1. The van der Waals surface area contributed by atoms with E-state index in [2.05, 4.69) is 0 Å². The Morgan fingerprint density at radius 2 is 1.70 bits per heavy atom. The maximum atomic E-state index is 11.8. The Hall–Kier alpha value is -1.34. The van der Waals surface area contributed by atoms with Gasteiger partial charge in [0.15, 0.2) is 0 Å². The summed E-state index contributed by atoms with van der Waals surface area (Å²) < 4.78 is 5.12. The minimum absolute atomic E-state index is 0. The summed E-state index contributed by atoms with van der Waals surface area (Å²) in [4.78, 5) is 37.8. The normalized spacial score (nSPS) is 16.0. The Balaban J connectivity index is 0.00000361. The van der Waals surface area contributed by atoms with Crippen molar-refractivity contribution in [2.24, 2.45) is 5.73 Å². The molecule has 20 heavy (non-hydrogen) atoms. The number of amides is 2. The molecule has 1 saturated heterocycles. The fraction of sp³-hybridized carbons (Fsp3) is 0.750. The molecule has 1 aliphatic rings. The van der Waals surface area contributed by atoms with Crippen molar-refractivity contribution >= 4 is 30.2 Å². The van der Waals surface area contributed by atoms with E-state index < -0.39 is 23.4 Å². The largest absolute Gasteiger partial charge is 0.459 e. The molecule has 1 aliphatic heterocycles. The van der Waals surface area contributed by atoms with Crippen LogP contribution in [0.3, 0.4) is 0 Å². The number of ether oxygens (including phenoxy) is 1. The van der Waals surface area contributed by atoms with Crippen LogP contribution in [0.2, 0.25) is 0 Å². The van der Waals surface area contributed by atoms with Crippen molar-refractivity contribution in [1.82, 2.24) is 9.80 Å². The third-order valence-electron chi connectivity index (χ3n) is 2.54. The predicted octanol–water partition coefficient (Wildman–Crippen LogP) is -0.621. The summed E-state index contributed by atoms with van der Waals surface area (Å²) in [6.45, 7) is 6.42. The van der Waals surface area contributed by atoms with Crippen LogP contribution in [-0.4, -0.2) is 65.9 Å². The Morgan fingerprint density at radius 1 is 1.20 bits per heavy atom. The van der Waals surface area contributed by atoms with E-state index >= 15 is 0 Å². The van der Waals surface area contributed by atoms with Crippen molar-refractivity contribution in [2.45, 2.75) is 26.4 Å². The quantitative estimate of drug-likeness (QED) is 0.552. The van der Waals surface area contributed by atoms with Crippen molar-refractivity contribution in [3.8, 4) is 0 Å². The molecule has 0 saturated carbocycles. The third-order valence-corrected chi connectivity index (χ3v) is 2.54. The number of rotatable bonds is 4. The number of hydrogen-bond acceptors (Lipinski definition) is 5. The first-order chi connectivity index (χ1) is 8.74. The van der Waals surface area contributed by atoms with Crippen LogP contribution in [0.25, 0.3) is 0 Å². The second-order valence-corrected chi connectivity index (χ2v) is 5.39. The standard InChI is InChI=1S/C12H21N3O4.ClH/c1-12(2,3)19-9(16)8-15-7-6-14(5-4-13)10(17)11(15)18;/h4-8,13H2,1-3H3;1H. The fourth-order valence-corrected chi connectivity index (χ4v) is 1.76. The molecule has 0 aromatic carbocycles. The first-order valence-electron chi connectivity index (χ1n) is 6.24. The number of carbonyl (C=O) groups excluding carboxylic acids is 3. The fourth-order valence-electron chi connectivity index (χ4n) is 1.76. The van der Waals surface area contributed by atoms with Crippen LogP contribution in [-0.2, 0) is 19.1 Å². The second kappa shape index (κ2) is 7.44. The lowest BCUT2D eigenvalue weighted by molar-refractivity contribution is -0.164. The molecule has 8 heteroatoms. The molecule has 0 aliphatic carbocycles. The molecular weight excluding hydrogens is 286 g/mol. The summed E-state index contributed by atoms with van der Waals surface area (Å²) in [5.74, 6) is -1.80. The van der Waals surface area contributed by atoms with E-state index in [-0.39, 0.29) is 19.0 Å². The lowest BCUT2D eigenvalue weighted by Gasteiger charge is -2.33. The molecular formula is C12H22ClN3O4. The number of halogens is 1. The summed E-state index contributed by atoms with van der Waals surface area (Å²) in [7, 11) is 0. The van der Waals surface area contributed by atoms with Gasteiger partial charge >= 0.3 is 17.8 Å². The van der Waals surface area contributed by atoms with Crippen molar-refractivity contribution in [1.29, 1.82) is 0 Å². The summed E-state index contributed by atoms with van der Waals surface area (Å²) in [6.07, 6.45) is 0. The number of carbonyl (C=O) groups is 3. The minimum Gasteiger partial charge on any atom is -0.459 e. The molecule has 1 heterocycles. The van der Waals surface area contributed by atoms with E-state index in [4.69, 9.17) is 10.5 Å². The maximum absolute atomic E-state index is 11.8. The molecule has 1 rings (SSSR count). The Labute approximate surface area is 124 Å². The summed E-state index contributed by atoms with van der Waals surface area (Å²) in [5, 5.41) is 0. The number of nitrogens with two attached hydrogens (primary N) is 1. The molecule has 0 bridgehead atoms. The van der Waals surface area contributed by atoms with Gasteiger partial charge in [0.05, 0.1) is 0 Å². The van der Waals surface area contributed by atoms with E-state index in [0.29, 0.717) is 26.2 Å². The monoisotopic (exact) mass is 307 g/mol. The van der Waals surface area contributed by atoms with Gasteiger partial charge in [0, 0.05) is 26.2 Å². The van der Waals surface area contributed by atoms with Crippen LogP contribution in [0.1, 0.15) is 20.8 Å². The van der Waals surface area contributed by atoms with Gasteiger partial charge in [-0.1, -0.05) is 0 Å². The third kappa shape index (κ3) is 5.34. The average Bonchev–Trinajstić information content (AvgIpc) is 2.26. The molecule has 2 N–H and O–H groups in total. The van der Waals surface area contributed by atoms with Crippen molar-refractivity contribution in [2.75, 3.05) is 32.7 Å². The summed E-state index contributed by atoms with van der Waals surface area (Å²) in [6, 6.07) is 0. The number of esters is 1. The van der Waals surface area contributed by atoms with Gasteiger partial charge in [-0.15, -0.1) is 12.4 Å². The highest BCUT2D eigenvalue weighted by Crippen LogP contribution is 2.09. The van der Waals surface area contributed by atoms with Crippen LogP contribution in [0.5, 0.6) is 0 Å². The molecule has 1 fully saturated rings. The average molecular weight is 308 g/mol. The van der Waals surface area contributed by atoms with Crippen LogP contribution in [0.4, 0.5) is 0 Å². The van der Waals surface area contributed by atoms with Crippen molar-refractivity contribution in [3.05, 3.63) is 0 Å². The van der Waals surface area contributed by atoms with Gasteiger partial charge < -0.3 is 20.3 Å². The highest BCUT2D eigenvalue weighted by atomic mass is 35.5. The van der Waals surface area contributed by atoms with Gasteiger partial charge in [0.25, 0.3) is 0 Å². The number of piperazine rings is 1. The zero-order chi connectivity index (χ0) is 14.6. The Kier molecular flexibility index (Phi) is 6.95. The topological polar surface area (TPSA) is 92.9 Å². The van der Waals surface area contributed by atoms with Gasteiger partial charge in [0.2, 0.25) is 0 Å². The highest BCUT2D eigenvalue weighted by molar-refractivity contribution is 6.35. The SMILES string of the molecule is CC(C)(C)OC(=O)CN1CCN(CCN)C(=O)C1=O.Cl. The highest BCUT2D eigenvalue weighted by Gasteiger charge is 2.33. The van der Waals surface area contributed by atoms with Gasteiger partial charge in [-0.2, -0.15) is 0 Å². The number of nitrogens with zero attached hydrogens (tertiary/aromatic N) is 2. The summed E-state index contributed by atoms with van der Waals surface area (Å²) >= 11 is 0. The van der Waals surface area contributed by atoms with E-state index in [1.165, 1.54) is 9.80 Å². The van der Waals surface area contributed by atoms with E-state index in [1.807, 2.05) is 0 Å². The van der Waals surface area contributed by atoms with Crippen molar-refractivity contribution in [3.63, 3.8) is 0 Å². The zero-order valence-electron chi connectivity index (χ0n) is 12.0. The minimum atomic E-state index is -0.675. The van der Waals surface area contributed by atoms with Gasteiger partial charge in [0.1, 0.15) is 12.1 Å². The first kappa shape index (κ1) is 18.7. The van der Waals surface area contributed by atoms with Crippen LogP contribution in [0.15, 0.2) is 0 Å². The lowest BCUT2D eigenvalue weighted by atomic mass is 10.2. The molecule has 0 aromatic rings. The smallest absolute Gasteiger partial charge is 0.326 e. The molecule has 0 aromatic heterocycles. The van der Waals surface area contributed by atoms with Gasteiger partial charge in [-0.25, -0.2) is 0 Å². The molecule has 0 atom stereocenters. The van der Waals surface area contributed by atoms with E-state index in [9.17, 15) is 14.4 Å². The molecule has 0 spiro atoms. The van der Waals surface area contributed by atoms with Crippen LogP contribution < -0.4 is 5.73 Å². The first-order valence-corrected chi connectivity index (χ1v) is 6.24. The second-order valence-electron chi connectivity index (χ2n) is 5.39. The molecule has 7 nitrogen and oxygen atoms in total. The van der Waals surface area contributed by atoms with Crippen molar-refractivity contribution < 1.29 is 19.1 Å². The molecule has 0 unspecified atom stereocenters. The molecule has 116 valence electrons. The molecule has 2 amide bonds. The molecule has 0 radical (unpaired) electrons.